The standard InChI is InChI=1S/C28H29FN2O3S/c1-20-28(26-5-3-4-6-27(26)31(20)19-21-7-9-23(29)10-8-21)22-15-17-30(18-16-22)35(32,33)25-13-11-24(34-2)12-14-25/h3-14,22H,15-19H2,1-2H3. The van der Waals surface area contributed by atoms with Gasteiger partial charge in [0.15, 0.2) is 0 Å². The molecule has 0 spiro atoms. The van der Waals surface area contributed by atoms with Crippen molar-refractivity contribution in [3.8, 4) is 5.75 Å². The number of methoxy groups -OCH3 is 1. The van der Waals surface area contributed by atoms with Crippen molar-refractivity contribution in [1.82, 2.24) is 8.87 Å². The molecule has 0 bridgehead atoms. The Morgan fingerprint density at radius 1 is 0.943 bits per heavy atom. The number of rotatable bonds is 6. The summed E-state index contributed by atoms with van der Waals surface area (Å²) in [5, 5.41) is 1.21. The third-order valence-corrected chi connectivity index (χ3v) is 9.01. The van der Waals surface area contributed by atoms with E-state index in [1.54, 1.807) is 35.7 Å². The van der Waals surface area contributed by atoms with Gasteiger partial charge in [-0.25, -0.2) is 12.8 Å². The first-order valence-electron chi connectivity index (χ1n) is 11.8. The second-order valence-corrected chi connectivity index (χ2v) is 11.0. The highest BCUT2D eigenvalue weighted by Crippen LogP contribution is 2.38. The van der Waals surface area contributed by atoms with Crippen LogP contribution in [0.15, 0.2) is 77.7 Å². The number of aromatic nitrogens is 1. The maximum atomic E-state index is 13.4. The van der Waals surface area contributed by atoms with E-state index in [-0.39, 0.29) is 11.7 Å². The Balaban J connectivity index is 1.40. The predicted octanol–water partition coefficient (Wildman–Crippen LogP) is 5.71. The zero-order chi connectivity index (χ0) is 24.6. The third-order valence-electron chi connectivity index (χ3n) is 7.09. The van der Waals surface area contributed by atoms with E-state index >= 15 is 0 Å². The highest BCUT2D eigenvalue weighted by Gasteiger charge is 2.32. The molecule has 1 fully saturated rings. The number of piperidine rings is 1. The van der Waals surface area contributed by atoms with Crippen LogP contribution in [0.2, 0.25) is 0 Å². The summed E-state index contributed by atoms with van der Waals surface area (Å²) in [5.74, 6) is 0.673. The normalized spacial score (nSPS) is 15.5. The maximum Gasteiger partial charge on any atom is 0.243 e. The van der Waals surface area contributed by atoms with Crippen LogP contribution < -0.4 is 4.74 Å². The highest BCUT2D eigenvalue weighted by molar-refractivity contribution is 7.89. The largest absolute Gasteiger partial charge is 0.497 e. The van der Waals surface area contributed by atoms with Gasteiger partial charge in [-0.15, -0.1) is 0 Å². The average molecular weight is 493 g/mol. The molecule has 7 heteroatoms. The number of ether oxygens (including phenoxy) is 1. The lowest BCUT2D eigenvalue weighted by Crippen LogP contribution is -2.38. The number of nitrogens with zero attached hydrogens (tertiary/aromatic N) is 2. The maximum absolute atomic E-state index is 13.4. The van der Waals surface area contributed by atoms with E-state index in [9.17, 15) is 12.8 Å². The minimum Gasteiger partial charge on any atom is -0.497 e. The summed E-state index contributed by atoms with van der Waals surface area (Å²) in [7, 11) is -1.98. The lowest BCUT2D eigenvalue weighted by molar-refractivity contribution is 0.319. The Bertz CT molecular complexity index is 1440. The first-order chi connectivity index (χ1) is 16.9. The molecule has 1 saturated heterocycles. The molecular weight excluding hydrogens is 463 g/mol. The van der Waals surface area contributed by atoms with Gasteiger partial charge in [-0.1, -0.05) is 30.3 Å². The van der Waals surface area contributed by atoms with E-state index in [0.717, 1.165) is 23.9 Å². The highest BCUT2D eigenvalue weighted by atomic mass is 32.2. The molecule has 0 saturated carbocycles. The number of fused-ring (bicyclic) bond motifs is 1. The molecule has 0 aliphatic carbocycles. The van der Waals surface area contributed by atoms with Gasteiger partial charge in [0.05, 0.1) is 12.0 Å². The Kier molecular flexibility index (Phi) is 6.38. The Morgan fingerprint density at radius 2 is 1.60 bits per heavy atom. The summed E-state index contributed by atoms with van der Waals surface area (Å²) >= 11 is 0. The SMILES string of the molecule is COc1ccc(S(=O)(=O)N2CCC(c3c(C)n(Cc4ccc(F)cc4)c4ccccc34)CC2)cc1. The number of hydrogen-bond acceptors (Lipinski definition) is 3. The molecule has 35 heavy (non-hydrogen) atoms. The monoisotopic (exact) mass is 492 g/mol. The van der Waals surface area contributed by atoms with Gasteiger partial charge >= 0.3 is 0 Å². The van der Waals surface area contributed by atoms with Gasteiger partial charge in [-0.05, 0) is 79.3 Å². The van der Waals surface area contributed by atoms with Crippen molar-refractivity contribution in [3.05, 3.63) is 95.4 Å². The van der Waals surface area contributed by atoms with E-state index in [2.05, 4.69) is 29.7 Å². The summed E-state index contributed by atoms with van der Waals surface area (Å²) < 4.78 is 48.8. The lowest BCUT2D eigenvalue weighted by atomic mass is 9.88. The molecule has 0 radical (unpaired) electrons. The molecule has 1 aromatic heterocycles. The van der Waals surface area contributed by atoms with E-state index in [1.807, 2.05) is 18.2 Å². The van der Waals surface area contributed by atoms with Crippen molar-refractivity contribution < 1.29 is 17.5 Å². The number of para-hydroxylation sites is 1. The van der Waals surface area contributed by atoms with E-state index in [1.165, 1.54) is 28.8 Å². The van der Waals surface area contributed by atoms with Crippen LogP contribution in [0.5, 0.6) is 5.75 Å². The number of benzene rings is 3. The third kappa shape index (κ3) is 4.46. The van der Waals surface area contributed by atoms with Crippen molar-refractivity contribution in [1.29, 1.82) is 0 Å². The van der Waals surface area contributed by atoms with Crippen LogP contribution in [0.4, 0.5) is 4.39 Å². The smallest absolute Gasteiger partial charge is 0.243 e. The topological polar surface area (TPSA) is 51.5 Å². The summed E-state index contributed by atoms with van der Waals surface area (Å²) in [6.07, 6.45) is 1.53. The molecule has 4 aromatic rings. The molecule has 5 rings (SSSR count). The second-order valence-electron chi connectivity index (χ2n) is 9.08. The van der Waals surface area contributed by atoms with Crippen LogP contribution >= 0.6 is 0 Å². The molecular formula is C28H29FN2O3S. The van der Waals surface area contributed by atoms with E-state index in [4.69, 9.17) is 4.74 Å². The lowest BCUT2D eigenvalue weighted by Gasteiger charge is -2.31. The molecule has 0 atom stereocenters. The number of sulfonamides is 1. The van der Waals surface area contributed by atoms with Gasteiger partial charge in [0.2, 0.25) is 10.0 Å². The van der Waals surface area contributed by atoms with Gasteiger partial charge in [0, 0.05) is 36.2 Å². The average Bonchev–Trinajstić information content (AvgIpc) is 3.16. The van der Waals surface area contributed by atoms with Crippen LogP contribution in [0.3, 0.4) is 0 Å². The molecule has 5 nitrogen and oxygen atoms in total. The predicted molar refractivity (Wildman–Crippen MR) is 136 cm³/mol. The van der Waals surface area contributed by atoms with Gasteiger partial charge in [0.25, 0.3) is 0 Å². The van der Waals surface area contributed by atoms with Crippen molar-refractivity contribution >= 4 is 20.9 Å². The fourth-order valence-corrected chi connectivity index (χ4v) is 6.70. The minimum absolute atomic E-state index is 0.236. The molecule has 182 valence electrons. The Labute approximate surface area is 205 Å². The first-order valence-corrected chi connectivity index (χ1v) is 13.3. The van der Waals surface area contributed by atoms with Crippen LogP contribution in [0, 0.1) is 12.7 Å². The van der Waals surface area contributed by atoms with Gasteiger partial charge in [-0.3, -0.25) is 0 Å². The minimum atomic E-state index is -3.54. The fourth-order valence-electron chi connectivity index (χ4n) is 5.23. The van der Waals surface area contributed by atoms with Crippen molar-refractivity contribution in [2.24, 2.45) is 0 Å². The van der Waals surface area contributed by atoms with Crippen LogP contribution in [-0.4, -0.2) is 37.5 Å². The number of halogens is 1. The summed E-state index contributed by atoms with van der Waals surface area (Å²) in [6.45, 7) is 3.77. The summed E-state index contributed by atoms with van der Waals surface area (Å²) in [5.41, 5.74) is 4.68. The zero-order valence-electron chi connectivity index (χ0n) is 19.9. The van der Waals surface area contributed by atoms with Crippen molar-refractivity contribution in [2.45, 2.75) is 37.1 Å². The molecule has 3 aromatic carbocycles. The molecule has 0 amide bonds. The summed E-state index contributed by atoms with van der Waals surface area (Å²) in [6, 6.07) is 21.6. The summed E-state index contributed by atoms with van der Waals surface area (Å²) in [4.78, 5) is 0.295. The van der Waals surface area contributed by atoms with Gasteiger partial charge < -0.3 is 9.30 Å². The molecule has 0 unspecified atom stereocenters. The molecule has 1 aliphatic heterocycles. The molecule has 2 heterocycles. The van der Waals surface area contributed by atoms with E-state index in [0.29, 0.717) is 30.3 Å². The number of hydrogen-bond donors (Lipinski definition) is 0. The van der Waals surface area contributed by atoms with Gasteiger partial charge in [0.1, 0.15) is 11.6 Å². The van der Waals surface area contributed by atoms with Crippen LogP contribution in [0.25, 0.3) is 10.9 Å². The van der Waals surface area contributed by atoms with Crippen LogP contribution in [0.1, 0.15) is 35.6 Å². The first kappa shape index (κ1) is 23.6. The van der Waals surface area contributed by atoms with Crippen LogP contribution in [-0.2, 0) is 16.6 Å². The van der Waals surface area contributed by atoms with Crippen molar-refractivity contribution in [2.75, 3.05) is 20.2 Å². The molecule has 0 N–H and O–H groups in total. The van der Waals surface area contributed by atoms with Gasteiger partial charge in [-0.2, -0.15) is 4.31 Å². The molecule has 1 aliphatic rings. The second kappa shape index (κ2) is 9.47. The fraction of sp³-hybridized carbons (Fsp3) is 0.286. The van der Waals surface area contributed by atoms with Crippen molar-refractivity contribution in [3.63, 3.8) is 0 Å². The van der Waals surface area contributed by atoms with E-state index < -0.39 is 10.0 Å². The quantitative estimate of drug-likeness (QED) is 0.346. The Morgan fingerprint density at radius 3 is 2.26 bits per heavy atom. The zero-order valence-corrected chi connectivity index (χ0v) is 20.8. The Hall–Kier alpha value is -3.16.